The van der Waals surface area contributed by atoms with Gasteiger partial charge >= 0.3 is 0 Å². The van der Waals surface area contributed by atoms with Gasteiger partial charge in [0.2, 0.25) is 5.82 Å². The number of benzene rings is 2. The molecule has 4 nitrogen and oxygen atoms in total. The van der Waals surface area contributed by atoms with Crippen LogP contribution in [0.2, 0.25) is 0 Å². The maximum Gasteiger partial charge on any atom is 0.250 e. The van der Waals surface area contributed by atoms with Crippen molar-refractivity contribution in [2.45, 2.75) is 0 Å². The number of aromatic nitrogens is 2. The Morgan fingerprint density at radius 3 is 2.62 bits per heavy atom. The third kappa shape index (κ3) is 3.14. The maximum atomic E-state index is 12.9. The Labute approximate surface area is 120 Å². The van der Waals surface area contributed by atoms with E-state index in [1.54, 1.807) is 18.2 Å². The van der Waals surface area contributed by atoms with Crippen LogP contribution in [0.5, 0.6) is 0 Å². The van der Waals surface area contributed by atoms with Gasteiger partial charge in [0.15, 0.2) is 0 Å². The van der Waals surface area contributed by atoms with E-state index in [1.807, 2.05) is 30.3 Å². The van der Waals surface area contributed by atoms with Crippen LogP contribution >= 0.6 is 0 Å². The SMILES string of the molecule is Nc1cccc(/C=C/c2nc(-c3ccc(F)cc3)no2)c1. The molecule has 0 aliphatic heterocycles. The van der Waals surface area contributed by atoms with Gasteiger partial charge in [-0.2, -0.15) is 4.98 Å². The summed E-state index contributed by atoms with van der Waals surface area (Å²) in [7, 11) is 0. The zero-order chi connectivity index (χ0) is 14.7. The minimum Gasteiger partial charge on any atom is -0.399 e. The van der Waals surface area contributed by atoms with Crippen LogP contribution in [0.25, 0.3) is 23.5 Å². The molecule has 0 amide bonds. The van der Waals surface area contributed by atoms with Crippen LogP contribution in [0.1, 0.15) is 11.5 Å². The average Bonchev–Trinajstić information content (AvgIpc) is 2.95. The number of nitrogen functional groups attached to an aromatic ring is 1. The van der Waals surface area contributed by atoms with Crippen LogP contribution in [0.3, 0.4) is 0 Å². The van der Waals surface area contributed by atoms with Gasteiger partial charge in [-0.15, -0.1) is 0 Å². The lowest BCUT2D eigenvalue weighted by Crippen LogP contribution is -1.83. The van der Waals surface area contributed by atoms with Crippen LogP contribution in [0.15, 0.2) is 53.1 Å². The second kappa shape index (κ2) is 5.58. The van der Waals surface area contributed by atoms with Gasteiger partial charge in [0, 0.05) is 17.3 Å². The molecule has 0 aliphatic carbocycles. The highest BCUT2D eigenvalue weighted by Crippen LogP contribution is 2.17. The van der Waals surface area contributed by atoms with E-state index in [0.717, 1.165) is 5.56 Å². The highest BCUT2D eigenvalue weighted by Gasteiger charge is 2.06. The topological polar surface area (TPSA) is 64.9 Å². The first-order valence-electron chi connectivity index (χ1n) is 6.34. The predicted octanol–water partition coefficient (Wildman–Crippen LogP) is 3.63. The molecule has 21 heavy (non-hydrogen) atoms. The molecule has 0 saturated carbocycles. The van der Waals surface area contributed by atoms with E-state index in [-0.39, 0.29) is 5.82 Å². The maximum absolute atomic E-state index is 12.9. The number of anilines is 1. The molecule has 2 N–H and O–H groups in total. The van der Waals surface area contributed by atoms with Crippen LogP contribution in [-0.2, 0) is 0 Å². The molecule has 0 atom stereocenters. The highest BCUT2D eigenvalue weighted by atomic mass is 19.1. The van der Waals surface area contributed by atoms with Crippen LogP contribution in [-0.4, -0.2) is 10.1 Å². The summed E-state index contributed by atoms with van der Waals surface area (Å²) in [6.07, 6.45) is 3.53. The third-order valence-electron chi connectivity index (χ3n) is 2.87. The quantitative estimate of drug-likeness (QED) is 0.744. The first-order valence-corrected chi connectivity index (χ1v) is 6.34. The summed E-state index contributed by atoms with van der Waals surface area (Å²) < 4.78 is 18.0. The van der Waals surface area contributed by atoms with E-state index in [4.69, 9.17) is 10.3 Å². The fourth-order valence-electron chi connectivity index (χ4n) is 1.85. The van der Waals surface area contributed by atoms with E-state index in [0.29, 0.717) is 23.0 Å². The Balaban J connectivity index is 1.80. The van der Waals surface area contributed by atoms with Gasteiger partial charge in [-0.1, -0.05) is 17.3 Å². The standard InChI is InChI=1S/C16H12FN3O/c17-13-7-5-12(6-8-13)16-19-15(21-20-16)9-4-11-2-1-3-14(18)10-11/h1-10H,18H2/b9-4+. The Morgan fingerprint density at radius 1 is 1.05 bits per heavy atom. The minimum absolute atomic E-state index is 0.302. The molecule has 1 aromatic heterocycles. The van der Waals surface area contributed by atoms with Crippen molar-refractivity contribution in [3.05, 3.63) is 65.8 Å². The lowest BCUT2D eigenvalue weighted by Gasteiger charge is -1.94. The van der Waals surface area contributed by atoms with Gasteiger partial charge in [-0.25, -0.2) is 4.39 Å². The molecular weight excluding hydrogens is 269 g/mol. The molecule has 0 bridgehead atoms. The first-order chi connectivity index (χ1) is 10.2. The van der Waals surface area contributed by atoms with Crippen molar-refractivity contribution in [3.63, 3.8) is 0 Å². The van der Waals surface area contributed by atoms with E-state index >= 15 is 0 Å². The lowest BCUT2D eigenvalue weighted by atomic mass is 10.2. The zero-order valence-electron chi connectivity index (χ0n) is 11.0. The molecule has 3 aromatic rings. The van der Waals surface area contributed by atoms with Crippen molar-refractivity contribution in [2.24, 2.45) is 0 Å². The number of nitrogens with two attached hydrogens (primary N) is 1. The number of hydrogen-bond donors (Lipinski definition) is 1. The molecule has 0 aliphatic rings. The van der Waals surface area contributed by atoms with Crippen molar-refractivity contribution >= 4 is 17.8 Å². The molecule has 2 aromatic carbocycles. The Morgan fingerprint density at radius 2 is 1.86 bits per heavy atom. The number of nitrogens with zero attached hydrogens (tertiary/aromatic N) is 2. The molecule has 0 unspecified atom stereocenters. The van der Waals surface area contributed by atoms with Gasteiger partial charge in [0.05, 0.1) is 0 Å². The second-order valence-corrected chi connectivity index (χ2v) is 4.47. The number of rotatable bonds is 3. The van der Waals surface area contributed by atoms with E-state index in [1.165, 1.54) is 12.1 Å². The highest BCUT2D eigenvalue weighted by molar-refractivity contribution is 5.68. The monoisotopic (exact) mass is 281 g/mol. The minimum atomic E-state index is -0.302. The summed E-state index contributed by atoms with van der Waals surface area (Å²) >= 11 is 0. The Hall–Kier alpha value is -2.95. The fraction of sp³-hybridized carbons (Fsp3) is 0. The van der Waals surface area contributed by atoms with Crippen LogP contribution < -0.4 is 5.73 Å². The molecule has 5 heteroatoms. The van der Waals surface area contributed by atoms with Crippen molar-refractivity contribution in [3.8, 4) is 11.4 Å². The summed E-state index contributed by atoms with van der Waals surface area (Å²) in [4.78, 5) is 4.23. The molecule has 104 valence electrons. The smallest absolute Gasteiger partial charge is 0.250 e. The largest absolute Gasteiger partial charge is 0.399 e. The van der Waals surface area contributed by atoms with Gasteiger partial charge in [-0.3, -0.25) is 0 Å². The Bertz CT molecular complexity index is 778. The summed E-state index contributed by atoms with van der Waals surface area (Å²) in [5.74, 6) is 0.489. The van der Waals surface area contributed by atoms with E-state index < -0.39 is 0 Å². The van der Waals surface area contributed by atoms with Gasteiger partial charge in [0.25, 0.3) is 5.89 Å². The summed E-state index contributed by atoms with van der Waals surface area (Å²) in [5, 5.41) is 3.86. The third-order valence-corrected chi connectivity index (χ3v) is 2.87. The molecule has 1 heterocycles. The number of hydrogen-bond acceptors (Lipinski definition) is 4. The zero-order valence-corrected chi connectivity index (χ0v) is 11.0. The van der Waals surface area contributed by atoms with Gasteiger partial charge < -0.3 is 10.3 Å². The predicted molar refractivity (Wildman–Crippen MR) is 79.5 cm³/mol. The fourth-order valence-corrected chi connectivity index (χ4v) is 1.85. The average molecular weight is 281 g/mol. The number of halogens is 1. The van der Waals surface area contributed by atoms with Crippen molar-refractivity contribution in [1.29, 1.82) is 0 Å². The molecule has 0 fully saturated rings. The summed E-state index contributed by atoms with van der Waals surface area (Å²) in [6, 6.07) is 13.4. The summed E-state index contributed by atoms with van der Waals surface area (Å²) in [6.45, 7) is 0. The molecule has 0 spiro atoms. The van der Waals surface area contributed by atoms with Crippen molar-refractivity contribution in [2.75, 3.05) is 5.73 Å². The van der Waals surface area contributed by atoms with Crippen LogP contribution in [0.4, 0.5) is 10.1 Å². The van der Waals surface area contributed by atoms with Crippen molar-refractivity contribution < 1.29 is 8.91 Å². The van der Waals surface area contributed by atoms with E-state index in [9.17, 15) is 4.39 Å². The molecular formula is C16H12FN3O. The van der Waals surface area contributed by atoms with E-state index in [2.05, 4.69) is 10.1 Å². The molecule has 3 rings (SSSR count). The first kappa shape index (κ1) is 13.1. The Kier molecular flexibility index (Phi) is 3.47. The molecule has 0 saturated heterocycles. The lowest BCUT2D eigenvalue weighted by molar-refractivity contribution is 0.411. The van der Waals surface area contributed by atoms with Gasteiger partial charge in [0.1, 0.15) is 5.82 Å². The normalized spacial score (nSPS) is 11.1. The second-order valence-electron chi connectivity index (χ2n) is 4.47. The summed E-state index contributed by atoms with van der Waals surface area (Å²) in [5.41, 5.74) is 8.03. The van der Waals surface area contributed by atoms with Crippen LogP contribution in [0, 0.1) is 5.82 Å². The van der Waals surface area contributed by atoms with Gasteiger partial charge in [-0.05, 0) is 48.0 Å². The molecule has 0 radical (unpaired) electrons. The van der Waals surface area contributed by atoms with Crippen molar-refractivity contribution in [1.82, 2.24) is 10.1 Å².